The van der Waals surface area contributed by atoms with E-state index in [2.05, 4.69) is 9.97 Å². The quantitative estimate of drug-likeness (QED) is 0.311. The molecule has 1 atom stereocenters. The van der Waals surface area contributed by atoms with Gasteiger partial charge in [0.25, 0.3) is 5.89 Å². The van der Waals surface area contributed by atoms with Gasteiger partial charge in [0.1, 0.15) is 16.4 Å². The number of aromatic nitrogens is 2. The standard InChI is InChI=1S/C21H15F7N2O2/c1-10-29-13-8-11(4-6-15(13)31-10)18(2,21(26,27)28)12-5-7-16-14(9-12)30-17(32-16)20(24,25)19(3,22)23/h4-9H,1-3H3. The minimum atomic E-state index is -4.82. The Hall–Kier alpha value is -3.11. The summed E-state index contributed by atoms with van der Waals surface area (Å²) in [6.07, 6.45) is -4.82. The molecule has 2 aromatic carbocycles. The van der Waals surface area contributed by atoms with E-state index in [0.29, 0.717) is 5.58 Å². The number of rotatable bonds is 4. The summed E-state index contributed by atoms with van der Waals surface area (Å²) in [7, 11) is 0. The van der Waals surface area contributed by atoms with Crippen LogP contribution in [0.2, 0.25) is 0 Å². The van der Waals surface area contributed by atoms with Gasteiger partial charge in [0, 0.05) is 13.8 Å². The van der Waals surface area contributed by atoms with Crippen LogP contribution in [0.15, 0.2) is 45.2 Å². The molecule has 170 valence electrons. The van der Waals surface area contributed by atoms with Crippen molar-refractivity contribution >= 4 is 22.2 Å². The molecule has 0 amide bonds. The van der Waals surface area contributed by atoms with Crippen molar-refractivity contribution in [1.82, 2.24) is 9.97 Å². The summed E-state index contributed by atoms with van der Waals surface area (Å²) >= 11 is 0. The van der Waals surface area contributed by atoms with Crippen LogP contribution in [-0.2, 0) is 11.3 Å². The molecular formula is C21H15F7N2O2. The number of alkyl halides is 7. The van der Waals surface area contributed by atoms with E-state index in [-0.39, 0.29) is 35.0 Å². The summed E-state index contributed by atoms with van der Waals surface area (Å²) in [4.78, 5) is 7.41. The number of hydrogen-bond acceptors (Lipinski definition) is 4. The molecule has 0 saturated heterocycles. The highest BCUT2D eigenvalue weighted by Gasteiger charge is 2.58. The van der Waals surface area contributed by atoms with E-state index >= 15 is 0 Å². The summed E-state index contributed by atoms with van der Waals surface area (Å²) in [6, 6.07) is 6.73. The van der Waals surface area contributed by atoms with E-state index < -0.39 is 34.8 Å². The summed E-state index contributed by atoms with van der Waals surface area (Å²) in [5.41, 5.74) is -3.36. The van der Waals surface area contributed by atoms with Crippen molar-refractivity contribution in [2.24, 2.45) is 0 Å². The molecule has 11 heteroatoms. The first-order valence-electron chi connectivity index (χ1n) is 9.26. The zero-order chi connectivity index (χ0) is 23.7. The van der Waals surface area contributed by atoms with Gasteiger partial charge < -0.3 is 8.83 Å². The van der Waals surface area contributed by atoms with E-state index in [4.69, 9.17) is 8.83 Å². The largest absolute Gasteiger partial charge is 0.441 e. The zero-order valence-corrected chi connectivity index (χ0v) is 16.8. The second kappa shape index (κ2) is 6.69. The average Bonchev–Trinajstić information content (AvgIpc) is 3.26. The Bertz CT molecular complexity index is 1320. The minimum absolute atomic E-state index is 0.00419. The van der Waals surface area contributed by atoms with Crippen molar-refractivity contribution in [1.29, 1.82) is 0 Å². The number of hydrogen-bond donors (Lipinski definition) is 0. The SMILES string of the molecule is Cc1nc2cc(C(C)(c3ccc4oc(C(F)(F)C(C)(F)F)nc4c3)C(F)(F)F)ccc2o1. The van der Waals surface area contributed by atoms with Gasteiger partial charge in [-0.1, -0.05) is 12.1 Å². The third-order valence-corrected chi connectivity index (χ3v) is 5.42. The van der Waals surface area contributed by atoms with Gasteiger partial charge in [-0.15, -0.1) is 0 Å². The van der Waals surface area contributed by atoms with Gasteiger partial charge in [-0.2, -0.15) is 30.7 Å². The second-order valence-corrected chi connectivity index (χ2v) is 7.70. The van der Waals surface area contributed by atoms with Crippen LogP contribution in [0.1, 0.15) is 36.8 Å². The Morgan fingerprint density at radius 3 is 1.72 bits per heavy atom. The summed E-state index contributed by atoms with van der Waals surface area (Å²) in [6.45, 7) is 2.46. The van der Waals surface area contributed by atoms with Crippen LogP contribution in [0.25, 0.3) is 22.2 Å². The van der Waals surface area contributed by atoms with E-state index in [1.54, 1.807) is 6.92 Å². The monoisotopic (exact) mass is 460 g/mol. The van der Waals surface area contributed by atoms with E-state index in [1.165, 1.54) is 18.2 Å². The fourth-order valence-corrected chi connectivity index (χ4v) is 3.41. The van der Waals surface area contributed by atoms with Crippen LogP contribution >= 0.6 is 0 Å². The summed E-state index contributed by atoms with van der Waals surface area (Å²) in [5, 5.41) is 0. The third-order valence-electron chi connectivity index (χ3n) is 5.42. The third kappa shape index (κ3) is 3.21. The minimum Gasteiger partial charge on any atom is -0.441 e. The zero-order valence-electron chi connectivity index (χ0n) is 16.8. The summed E-state index contributed by atoms with van der Waals surface area (Å²) in [5.74, 6) is -10.5. The predicted octanol–water partition coefficient (Wildman–Crippen LogP) is 6.89. The normalized spacial score (nSPS) is 15.4. The van der Waals surface area contributed by atoms with Crippen LogP contribution in [0.5, 0.6) is 0 Å². The highest BCUT2D eigenvalue weighted by Crippen LogP contribution is 2.48. The topological polar surface area (TPSA) is 52.1 Å². The molecule has 0 aliphatic heterocycles. The second-order valence-electron chi connectivity index (χ2n) is 7.70. The Kier molecular flexibility index (Phi) is 4.62. The Labute approximate surface area is 176 Å². The maximum Gasteiger partial charge on any atom is 0.402 e. The maximum absolute atomic E-state index is 14.3. The number of fused-ring (bicyclic) bond motifs is 2. The number of benzene rings is 2. The van der Waals surface area contributed by atoms with Crippen LogP contribution in [0, 0.1) is 6.92 Å². The van der Waals surface area contributed by atoms with Crippen molar-refractivity contribution in [3.63, 3.8) is 0 Å². The molecule has 0 saturated carbocycles. The van der Waals surface area contributed by atoms with Crippen LogP contribution < -0.4 is 0 Å². The van der Waals surface area contributed by atoms with E-state index in [9.17, 15) is 30.7 Å². The molecular weight excluding hydrogens is 445 g/mol. The van der Waals surface area contributed by atoms with E-state index in [1.807, 2.05) is 0 Å². The first-order chi connectivity index (χ1) is 14.6. The molecule has 0 radical (unpaired) electrons. The lowest BCUT2D eigenvalue weighted by Crippen LogP contribution is -2.40. The highest BCUT2D eigenvalue weighted by molar-refractivity contribution is 5.76. The van der Waals surface area contributed by atoms with Crippen LogP contribution in [0.3, 0.4) is 0 Å². The molecule has 0 aliphatic carbocycles. The molecule has 32 heavy (non-hydrogen) atoms. The number of nitrogens with zero attached hydrogens (tertiary/aromatic N) is 2. The van der Waals surface area contributed by atoms with Gasteiger partial charge in [-0.25, -0.2) is 9.97 Å². The summed E-state index contributed by atoms with van der Waals surface area (Å²) < 4.78 is 107. The maximum atomic E-state index is 14.3. The lowest BCUT2D eigenvalue weighted by Gasteiger charge is -2.33. The first-order valence-corrected chi connectivity index (χ1v) is 9.26. The number of oxazole rings is 2. The molecule has 1 unspecified atom stereocenters. The fraction of sp³-hybridized carbons (Fsp3) is 0.333. The lowest BCUT2D eigenvalue weighted by molar-refractivity contribution is -0.216. The number of halogens is 7. The molecule has 0 fully saturated rings. The molecule has 0 aliphatic rings. The van der Waals surface area contributed by atoms with Gasteiger partial charge >= 0.3 is 18.0 Å². The predicted molar refractivity (Wildman–Crippen MR) is 99.8 cm³/mol. The molecule has 2 heterocycles. The first kappa shape index (κ1) is 22.1. The molecule has 0 N–H and O–H groups in total. The fourth-order valence-electron chi connectivity index (χ4n) is 3.41. The van der Waals surface area contributed by atoms with Crippen molar-refractivity contribution in [2.75, 3.05) is 0 Å². The Morgan fingerprint density at radius 1 is 0.719 bits per heavy atom. The molecule has 2 aromatic heterocycles. The van der Waals surface area contributed by atoms with Gasteiger partial charge in [0.05, 0.1) is 0 Å². The highest BCUT2D eigenvalue weighted by atomic mass is 19.4. The van der Waals surface area contributed by atoms with Gasteiger partial charge in [0.2, 0.25) is 0 Å². The Balaban J connectivity index is 1.89. The van der Waals surface area contributed by atoms with Crippen molar-refractivity contribution in [3.05, 3.63) is 59.3 Å². The molecule has 0 bridgehead atoms. The van der Waals surface area contributed by atoms with Gasteiger partial charge in [0.15, 0.2) is 17.1 Å². The van der Waals surface area contributed by atoms with Crippen molar-refractivity contribution in [3.8, 4) is 0 Å². The average molecular weight is 460 g/mol. The molecule has 0 spiro atoms. The number of aryl methyl sites for hydroxylation is 1. The Morgan fingerprint density at radius 2 is 1.22 bits per heavy atom. The van der Waals surface area contributed by atoms with Crippen molar-refractivity contribution < 1.29 is 39.6 Å². The van der Waals surface area contributed by atoms with Crippen LogP contribution in [0.4, 0.5) is 30.7 Å². The van der Waals surface area contributed by atoms with Crippen molar-refractivity contribution in [2.45, 2.75) is 44.2 Å². The van der Waals surface area contributed by atoms with Gasteiger partial charge in [-0.3, -0.25) is 0 Å². The molecule has 4 rings (SSSR count). The molecule has 4 nitrogen and oxygen atoms in total. The van der Waals surface area contributed by atoms with Gasteiger partial charge in [-0.05, 0) is 42.3 Å². The smallest absolute Gasteiger partial charge is 0.402 e. The van der Waals surface area contributed by atoms with Crippen LogP contribution in [-0.4, -0.2) is 22.1 Å². The lowest BCUT2D eigenvalue weighted by atomic mass is 9.75. The van der Waals surface area contributed by atoms with E-state index in [0.717, 1.165) is 25.1 Å². The molecule has 4 aromatic rings.